The highest BCUT2D eigenvalue weighted by Crippen LogP contribution is 2.51. The summed E-state index contributed by atoms with van der Waals surface area (Å²) < 4.78 is 39.6. The molecule has 11 heteroatoms. The zero-order valence-electron chi connectivity index (χ0n) is 23.0. The van der Waals surface area contributed by atoms with Gasteiger partial charge in [0.15, 0.2) is 0 Å². The molecule has 3 aliphatic rings. The van der Waals surface area contributed by atoms with Crippen LogP contribution >= 0.6 is 0 Å². The molecular weight excluding hydrogens is 523 g/mol. The van der Waals surface area contributed by atoms with Gasteiger partial charge in [0.25, 0.3) is 5.91 Å². The standard InChI is InChI=1S/C29H36F3N5O3/c1-16(2)37-22(11-13-34-37)25(38)36-24(23(17-4-5-17)18-6-7-18)26(39)35-20-8-9-21-19(14-20)10-12-28(21,3)27(40)33-15-29(30,31)32/h8-9,11,13-14,16-18,23-24H,4-7,10,12,15H2,1-3H3,(H,33,40)(H,35,39)(H,36,38)/t24-,28+/m0/s1. The highest BCUT2D eigenvalue weighted by Gasteiger charge is 2.49. The van der Waals surface area contributed by atoms with E-state index in [9.17, 15) is 27.6 Å². The Balaban J connectivity index is 1.34. The first-order valence-corrected chi connectivity index (χ1v) is 14.0. The number of hydrogen-bond donors (Lipinski definition) is 3. The van der Waals surface area contributed by atoms with Gasteiger partial charge in [0.2, 0.25) is 11.8 Å². The van der Waals surface area contributed by atoms with Gasteiger partial charge in [-0.15, -0.1) is 0 Å². The van der Waals surface area contributed by atoms with Crippen LogP contribution in [0.5, 0.6) is 0 Å². The fourth-order valence-electron chi connectivity index (χ4n) is 6.12. The lowest BCUT2D eigenvalue weighted by atomic mass is 9.83. The van der Waals surface area contributed by atoms with Crippen molar-refractivity contribution in [1.82, 2.24) is 20.4 Å². The molecule has 0 aliphatic heterocycles. The molecule has 0 saturated heterocycles. The molecule has 1 aromatic heterocycles. The predicted octanol–water partition coefficient (Wildman–Crippen LogP) is 4.52. The van der Waals surface area contributed by atoms with Gasteiger partial charge < -0.3 is 16.0 Å². The van der Waals surface area contributed by atoms with Crippen LogP contribution < -0.4 is 16.0 Å². The molecule has 1 heterocycles. The molecule has 1 aromatic carbocycles. The van der Waals surface area contributed by atoms with Crippen LogP contribution in [0.25, 0.3) is 0 Å². The van der Waals surface area contributed by atoms with E-state index in [-0.39, 0.29) is 23.8 Å². The number of benzene rings is 1. The number of aryl methyl sites for hydroxylation is 1. The van der Waals surface area contributed by atoms with Crippen LogP contribution in [0.2, 0.25) is 0 Å². The van der Waals surface area contributed by atoms with Gasteiger partial charge >= 0.3 is 6.18 Å². The van der Waals surface area contributed by atoms with Gasteiger partial charge in [-0.05, 0) is 106 Å². The average Bonchev–Trinajstić information content (AvgIpc) is 3.82. The van der Waals surface area contributed by atoms with Crippen LogP contribution in [0, 0.1) is 17.8 Å². The number of carbonyl (C=O) groups is 3. The second kappa shape index (κ2) is 10.6. The fraction of sp³-hybridized carbons (Fsp3) is 0.586. The van der Waals surface area contributed by atoms with Crippen molar-refractivity contribution in [2.24, 2.45) is 17.8 Å². The fourth-order valence-corrected chi connectivity index (χ4v) is 6.12. The number of carbonyl (C=O) groups excluding carboxylic acids is 3. The highest BCUT2D eigenvalue weighted by molar-refractivity contribution is 6.01. The van der Waals surface area contributed by atoms with Crippen LogP contribution in [0.3, 0.4) is 0 Å². The molecule has 40 heavy (non-hydrogen) atoms. The van der Waals surface area contributed by atoms with Crippen molar-refractivity contribution in [2.75, 3.05) is 11.9 Å². The Morgan fingerprint density at radius 2 is 1.77 bits per heavy atom. The van der Waals surface area contributed by atoms with Crippen molar-refractivity contribution in [2.45, 2.75) is 83.0 Å². The summed E-state index contributed by atoms with van der Waals surface area (Å²) in [7, 11) is 0. The molecule has 2 fully saturated rings. The van der Waals surface area contributed by atoms with E-state index in [0.29, 0.717) is 41.6 Å². The Bertz CT molecular complexity index is 1290. The minimum atomic E-state index is -4.49. The summed E-state index contributed by atoms with van der Waals surface area (Å²) in [6.07, 6.45) is 2.12. The number of rotatable bonds is 10. The molecule has 0 bridgehead atoms. The lowest BCUT2D eigenvalue weighted by Gasteiger charge is -2.28. The Labute approximate surface area is 231 Å². The Kier molecular flexibility index (Phi) is 7.43. The molecule has 2 aromatic rings. The van der Waals surface area contributed by atoms with Crippen LogP contribution in [-0.2, 0) is 21.4 Å². The van der Waals surface area contributed by atoms with Crippen molar-refractivity contribution >= 4 is 23.4 Å². The van der Waals surface area contributed by atoms with Gasteiger partial charge in [0, 0.05) is 17.9 Å². The molecule has 216 valence electrons. The molecule has 0 radical (unpaired) electrons. The second-order valence-electron chi connectivity index (χ2n) is 11.9. The number of fused-ring (bicyclic) bond motifs is 1. The number of hydrogen-bond acceptors (Lipinski definition) is 4. The monoisotopic (exact) mass is 559 g/mol. The number of alkyl halides is 3. The summed E-state index contributed by atoms with van der Waals surface area (Å²) >= 11 is 0. The minimum Gasteiger partial charge on any atom is -0.346 e. The zero-order chi connectivity index (χ0) is 28.8. The van der Waals surface area contributed by atoms with Gasteiger partial charge in [0.1, 0.15) is 18.3 Å². The van der Waals surface area contributed by atoms with Gasteiger partial charge in [-0.25, -0.2) is 0 Å². The molecule has 5 rings (SSSR count). The predicted molar refractivity (Wildman–Crippen MR) is 143 cm³/mol. The first kappa shape index (κ1) is 28.2. The largest absolute Gasteiger partial charge is 0.405 e. The number of anilines is 1. The van der Waals surface area contributed by atoms with E-state index in [1.54, 1.807) is 42.1 Å². The maximum atomic E-state index is 13.7. The van der Waals surface area contributed by atoms with Crippen molar-refractivity contribution in [3.63, 3.8) is 0 Å². The maximum Gasteiger partial charge on any atom is 0.405 e. The number of aromatic nitrogens is 2. The maximum absolute atomic E-state index is 13.7. The Hall–Kier alpha value is -3.37. The quantitative estimate of drug-likeness (QED) is 0.398. The third-order valence-electron chi connectivity index (χ3n) is 8.49. The van der Waals surface area contributed by atoms with Gasteiger partial charge in [0.05, 0.1) is 5.41 Å². The topological polar surface area (TPSA) is 105 Å². The van der Waals surface area contributed by atoms with Crippen molar-refractivity contribution in [3.05, 3.63) is 47.3 Å². The van der Waals surface area contributed by atoms with E-state index in [1.807, 2.05) is 19.2 Å². The average molecular weight is 560 g/mol. The molecule has 8 nitrogen and oxygen atoms in total. The van der Waals surface area contributed by atoms with Crippen molar-refractivity contribution in [1.29, 1.82) is 0 Å². The SMILES string of the molecule is CC(C)n1nccc1C(=O)N[C@H](C(=O)Nc1ccc2c(c1)CC[C@@]2(C)C(=O)NCC(F)(F)F)C(C1CC1)C1CC1. The van der Waals surface area contributed by atoms with Crippen molar-refractivity contribution in [3.8, 4) is 0 Å². The smallest absolute Gasteiger partial charge is 0.346 e. The first-order chi connectivity index (χ1) is 18.9. The van der Waals surface area contributed by atoms with Crippen LogP contribution in [0.1, 0.15) is 80.5 Å². The highest BCUT2D eigenvalue weighted by atomic mass is 19.4. The number of amides is 3. The zero-order valence-corrected chi connectivity index (χ0v) is 23.0. The number of halogens is 3. The van der Waals surface area contributed by atoms with E-state index in [0.717, 1.165) is 31.2 Å². The Morgan fingerprint density at radius 3 is 2.38 bits per heavy atom. The molecular formula is C29H36F3N5O3. The van der Waals surface area contributed by atoms with Crippen molar-refractivity contribution < 1.29 is 27.6 Å². The van der Waals surface area contributed by atoms with Crippen LogP contribution in [0.15, 0.2) is 30.5 Å². The third kappa shape index (κ3) is 5.88. The summed E-state index contributed by atoms with van der Waals surface area (Å²) in [5.41, 5.74) is 1.32. The minimum absolute atomic E-state index is 0.0154. The third-order valence-corrected chi connectivity index (χ3v) is 8.49. The summed E-state index contributed by atoms with van der Waals surface area (Å²) in [4.78, 5) is 39.8. The number of nitrogens with one attached hydrogen (secondary N) is 3. The molecule has 2 saturated carbocycles. The lowest BCUT2D eigenvalue weighted by molar-refractivity contribution is -0.141. The summed E-state index contributed by atoms with van der Waals surface area (Å²) in [5.74, 6) is -0.456. The molecule has 3 N–H and O–H groups in total. The lowest BCUT2D eigenvalue weighted by Crippen LogP contribution is -2.50. The van der Waals surface area contributed by atoms with E-state index in [2.05, 4.69) is 15.7 Å². The number of nitrogens with zero attached hydrogens (tertiary/aromatic N) is 2. The van der Waals surface area contributed by atoms with E-state index < -0.39 is 30.1 Å². The van der Waals surface area contributed by atoms with Gasteiger partial charge in [-0.1, -0.05) is 6.07 Å². The van der Waals surface area contributed by atoms with E-state index in [1.165, 1.54) is 0 Å². The molecule has 2 atom stereocenters. The van der Waals surface area contributed by atoms with Gasteiger partial charge in [-0.3, -0.25) is 19.1 Å². The van der Waals surface area contributed by atoms with E-state index in [4.69, 9.17) is 0 Å². The summed E-state index contributed by atoms with van der Waals surface area (Å²) in [5, 5.41) is 12.3. The molecule has 3 amide bonds. The first-order valence-electron chi connectivity index (χ1n) is 14.0. The summed E-state index contributed by atoms with van der Waals surface area (Å²) in [6.45, 7) is 4.14. The molecule has 0 unspecified atom stereocenters. The second-order valence-corrected chi connectivity index (χ2v) is 11.9. The van der Waals surface area contributed by atoms with E-state index >= 15 is 0 Å². The molecule has 3 aliphatic carbocycles. The van der Waals surface area contributed by atoms with Crippen LogP contribution in [0.4, 0.5) is 18.9 Å². The normalized spacial score (nSPS) is 21.3. The van der Waals surface area contributed by atoms with Gasteiger partial charge in [-0.2, -0.15) is 18.3 Å². The molecule has 0 spiro atoms. The Morgan fingerprint density at radius 1 is 1.10 bits per heavy atom. The van der Waals surface area contributed by atoms with Crippen LogP contribution in [-0.4, -0.2) is 46.3 Å². The summed E-state index contributed by atoms with van der Waals surface area (Å²) in [6, 6.07) is 6.08.